The van der Waals surface area contributed by atoms with Gasteiger partial charge in [0.15, 0.2) is 11.6 Å². The lowest BCUT2D eigenvalue weighted by Crippen LogP contribution is -2.21. The highest BCUT2D eigenvalue weighted by atomic mass is 19.1. The number of ether oxygens (including phenoxy) is 1. The number of benzene rings is 1. The Morgan fingerprint density at radius 3 is 2.71 bits per heavy atom. The van der Waals surface area contributed by atoms with Crippen molar-refractivity contribution in [1.82, 2.24) is 0 Å². The van der Waals surface area contributed by atoms with Crippen LogP contribution >= 0.6 is 0 Å². The van der Waals surface area contributed by atoms with E-state index < -0.39 is 0 Å². The molecular formula is C14H18FNO. The first-order valence-corrected chi connectivity index (χ1v) is 6.37. The standard InChI is InChI=1S/C14H18FNO/c15-12-3-1-2-11(14(9-16)6-7-14)13(12)17-8-10-4-5-10/h1-3,10H,4-9,16H2. The third-order valence-electron chi connectivity index (χ3n) is 3.94. The van der Waals surface area contributed by atoms with Gasteiger partial charge in [0, 0.05) is 17.5 Å². The van der Waals surface area contributed by atoms with E-state index in [1.165, 1.54) is 18.9 Å². The Morgan fingerprint density at radius 2 is 2.12 bits per heavy atom. The van der Waals surface area contributed by atoms with Gasteiger partial charge in [-0.2, -0.15) is 0 Å². The molecule has 2 N–H and O–H groups in total. The highest BCUT2D eigenvalue weighted by Crippen LogP contribution is 2.51. The van der Waals surface area contributed by atoms with Crippen molar-refractivity contribution in [2.45, 2.75) is 31.1 Å². The predicted octanol–water partition coefficient (Wildman–Crippen LogP) is 2.60. The van der Waals surface area contributed by atoms with Gasteiger partial charge in [-0.3, -0.25) is 0 Å². The first-order chi connectivity index (χ1) is 8.25. The van der Waals surface area contributed by atoms with Crippen LogP contribution in [-0.2, 0) is 5.41 Å². The normalized spacial score (nSPS) is 21.3. The molecule has 3 heteroatoms. The Bertz CT molecular complexity index is 424. The third-order valence-corrected chi connectivity index (χ3v) is 3.94. The molecule has 0 heterocycles. The van der Waals surface area contributed by atoms with E-state index in [9.17, 15) is 4.39 Å². The Morgan fingerprint density at radius 1 is 1.35 bits per heavy atom. The third kappa shape index (κ3) is 2.04. The highest BCUT2D eigenvalue weighted by molar-refractivity contribution is 5.44. The van der Waals surface area contributed by atoms with Gasteiger partial charge in [0.05, 0.1) is 6.61 Å². The van der Waals surface area contributed by atoms with Crippen molar-refractivity contribution in [2.75, 3.05) is 13.2 Å². The molecule has 1 aromatic carbocycles. The molecule has 0 saturated heterocycles. The van der Waals surface area contributed by atoms with Crippen LogP contribution in [0, 0.1) is 11.7 Å². The largest absolute Gasteiger partial charge is 0.490 e. The minimum atomic E-state index is -0.247. The molecule has 0 bridgehead atoms. The van der Waals surface area contributed by atoms with Crippen molar-refractivity contribution in [3.8, 4) is 5.75 Å². The molecule has 92 valence electrons. The summed E-state index contributed by atoms with van der Waals surface area (Å²) < 4.78 is 19.5. The topological polar surface area (TPSA) is 35.2 Å². The van der Waals surface area contributed by atoms with E-state index in [1.54, 1.807) is 6.07 Å². The fourth-order valence-corrected chi connectivity index (χ4v) is 2.29. The summed E-state index contributed by atoms with van der Waals surface area (Å²) in [6.45, 7) is 1.23. The van der Waals surface area contributed by atoms with Crippen LogP contribution in [0.4, 0.5) is 4.39 Å². The molecule has 2 saturated carbocycles. The van der Waals surface area contributed by atoms with Crippen molar-refractivity contribution in [2.24, 2.45) is 11.7 Å². The summed E-state index contributed by atoms with van der Waals surface area (Å²) >= 11 is 0. The Balaban J connectivity index is 1.87. The summed E-state index contributed by atoms with van der Waals surface area (Å²) in [6.07, 6.45) is 4.52. The van der Waals surface area contributed by atoms with E-state index >= 15 is 0 Å². The number of rotatable bonds is 5. The van der Waals surface area contributed by atoms with Gasteiger partial charge in [-0.15, -0.1) is 0 Å². The van der Waals surface area contributed by atoms with Gasteiger partial charge < -0.3 is 10.5 Å². The van der Waals surface area contributed by atoms with E-state index in [0.717, 1.165) is 18.4 Å². The van der Waals surface area contributed by atoms with Crippen molar-refractivity contribution in [3.05, 3.63) is 29.6 Å². The summed E-state index contributed by atoms with van der Waals surface area (Å²) in [4.78, 5) is 0. The Labute approximate surface area is 101 Å². The molecule has 0 unspecified atom stereocenters. The van der Waals surface area contributed by atoms with Crippen LogP contribution in [0.3, 0.4) is 0 Å². The van der Waals surface area contributed by atoms with E-state index in [-0.39, 0.29) is 11.2 Å². The molecule has 17 heavy (non-hydrogen) atoms. The molecule has 0 amide bonds. The fraction of sp³-hybridized carbons (Fsp3) is 0.571. The molecule has 2 aliphatic rings. The molecule has 0 aliphatic heterocycles. The van der Waals surface area contributed by atoms with Gasteiger partial charge in [-0.25, -0.2) is 4.39 Å². The number of halogens is 1. The molecule has 2 fully saturated rings. The van der Waals surface area contributed by atoms with Gasteiger partial charge in [-0.1, -0.05) is 12.1 Å². The van der Waals surface area contributed by atoms with Crippen LogP contribution in [0.1, 0.15) is 31.2 Å². The molecule has 2 aliphatic carbocycles. The van der Waals surface area contributed by atoms with E-state index in [4.69, 9.17) is 10.5 Å². The predicted molar refractivity (Wildman–Crippen MR) is 64.6 cm³/mol. The Kier molecular flexibility index (Phi) is 2.58. The minimum Gasteiger partial charge on any atom is -0.490 e. The van der Waals surface area contributed by atoms with Gasteiger partial charge >= 0.3 is 0 Å². The maximum Gasteiger partial charge on any atom is 0.165 e. The maximum atomic E-state index is 13.8. The number of para-hydroxylation sites is 1. The summed E-state index contributed by atoms with van der Waals surface area (Å²) in [5.74, 6) is 0.834. The van der Waals surface area contributed by atoms with Crippen LogP contribution in [0.5, 0.6) is 5.75 Å². The lowest BCUT2D eigenvalue weighted by Gasteiger charge is -2.18. The Hall–Kier alpha value is -1.09. The monoisotopic (exact) mass is 235 g/mol. The fourth-order valence-electron chi connectivity index (χ4n) is 2.29. The zero-order valence-electron chi connectivity index (χ0n) is 9.92. The van der Waals surface area contributed by atoms with Gasteiger partial charge in [0.2, 0.25) is 0 Å². The quantitative estimate of drug-likeness (QED) is 0.851. The first kappa shape index (κ1) is 11.0. The van der Waals surface area contributed by atoms with Crippen LogP contribution < -0.4 is 10.5 Å². The van der Waals surface area contributed by atoms with Crippen molar-refractivity contribution >= 4 is 0 Å². The van der Waals surface area contributed by atoms with Crippen LogP contribution in [-0.4, -0.2) is 13.2 Å². The molecule has 0 aromatic heterocycles. The van der Waals surface area contributed by atoms with Crippen LogP contribution in [0.15, 0.2) is 18.2 Å². The minimum absolute atomic E-state index is 0.0129. The van der Waals surface area contributed by atoms with Gasteiger partial charge in [0.1, 0.15) is 0 Å². The molecular weight excluding hydrogens is 217 g/mol. The van der Waals surface area contributed by atoms with Crippen molar-refractivity contribution in [1.29, 1.82) is 0 Å². The van der Waals surface area contributed by atoms with Crippen molar-refractivity contribution < 1.29 is 9.13 Å². The van der Waals surface area contributed by atoms with Crippen LogP contribution in [0.25, 0.3) is 0 Å². The molecule has 1 aromatic rings. The van der Waals surface area contributed by atoms with Crippen LogP contribution in [0.2, 0.25) is 0 Å². The molecule has 0 spiro atoms. The van der Waals surface area contributed by atoms with Gasteiger partial charge in [0.25, 0.3) is 0 Å². The van der Waals surface area contributed by atoms with E-state index in [1.807, 2.05) is 6.07 Å². The number of hydrogen-bond acceptors (Lipinski definition) is 2. The average molecular weight is 235 g/mol. The second-order valence-corrected chi connectivity index (χ2v) is 5.36. The summed E-state index contributed by atoms with van der Waals surface area (Å²) in [5, 5.41) is 0. The second-order valence-electron chi connectivity index (χ2n) is 5.36. The zero-order chi connectivity index (χ0) is 11.9. The highest BCUT2D eigenvalue weighted by Gasteiger charge is 2.45. The molecule has 0 radical (unpaired) electrons. The number of nitrogens with two attached hydrogens (primary N) is 1. The summed E-state index contributed by atoms with van der Waals surface area (Å²) in [5.41, 5.74) is 6.77. The smallest absolute Gasteiger partial charge is 0.165 e. The summed E-state index contributed by atoms with van der Waals surface area (Å²) in [6, 6.07) is 5.19. The summed E-state index contributed by atoms with van der Waals surface area (Å²) in [7, 11) is 0. The molecule has 0 atom stereocenters. The lowest BCUT2D eigenvalue weighted by molar-refractivity contribution is 0.279. The lowest BCUT2D eigenvalue weighted by atomic mass is 9.95. The SMILES string of the molecule is NCC1(c2cccc(F)c2OCC2CC2)CC1. The maximum absolute atomic E-state index is 13.8. The molecule has 2 nitrogen and oxygen atoms in total. The zero-order valence-corrected chi connectivity index (χ0v) is 9.92. The number of hydrogen-bond donors (Lipinski definition) is 1. The van der Waals surface area contributed by atoms with Gasteiger partial charge in [-0.05, 0) is 37.7 Å². The van der Waals surface area contributed by atoms with Crippen molar-refractivity contribution in [3.63, 3.8) is 0 Å². The molecule has 3 rings (SSSR count). The first-order valence-electron chi connectivity index (χ1n) is 6.37. The second kappa shape index (κ2) is 3.98. The van der Waals surface area contributed by atoms with E-state index in [2.05, 4.69) is 0 Å². The average Bonchev–Trinajstić information content (AvgIpc) is 3.22. The van der Waals surface area contributed by atoms with E-state index in [0.29, 0.717) is 24.8 Å².